The number of nitrogens with two attached hydrogens (primary N) is 1. The number of hydrogen-bond acceptors (Lipinski definition) is 12. The second-order valence-electron chi connectivity index (χ2n) is 18.8. The zero-order valence-corrected chi connectivity index (χ0v) is 39.3. The van der Waals surface area contributed by atoms with Crippen LogP contribution in [0.5, 0.6) is 0 Å². The standard InChI is InChI=1S/C45H74N10O11/c1-6-25(3)34-44(65)54-22-12-17-32(54)42(63)52-20-10-15-30(52)39(60)50-35(26(4)7-2)45(66)55-23-13-18-33(55)43(64)53-21-11-16-31(53)40(61)51-36(27(5)57)41(62)47-28(14-8-9-19-46)37(58)48-29(24-56)38(59)49-34/h25-36,56-57H,6-24,46H2,1-5H3,(H,47,62)(H,48,58)(H,49,59)(H,50,60)(H,51,61)/t25-,26-,27+,28-,29-,30-,31-,32-,33+,34-,35-,36-/m0/s1. The molecule has 5 heterocycles. The smallest absolute Gasteiger partial charge is 0.246 e. The van der Waals surface area contributed by atoms with Crippen molar-refractivity contribution in [2.75, 3.05) is 39.3 Å². The molecule has 12 atom stereocenters. The van der Waals surface area contributed by atoms with Gasteiger partial charge in [-0.15, -0.1) is 0 Å². The second kappa shape index (κ2) is 23.7. The lowest BCUT2D eigenvalue weighted by molar-refractivity contribution is -0.150. The molecule has 66 heavy (non-hydrogen) atoms. The van der Waals surface area contributed by atoms with Crippen LogP contribution >= 0.6 is 0 Å². The third-order valence-electron chi connectivity index (χ3n) is 14.3. The van der Waals surface area contributed by atoms with Crippen molar-refractivity contribution >= 4 is 53.2 Å². The van der Waals surface area contributed by atoms with E-state index in [2.05, 4.69) is 26.6 Å². The van der Waals surface area contributed by atoms with Crippen molar-refractivity contribution in [2.45, 2.75) is 179 Å². The highest BCUT2D eigenvalue weighted by atomic mass is 16.3. The normalized spacial score (nSPS) is 31.8. The molecular formula is C45H74N10O11. The summed E-state index contributed by atoms with van der Waals surface area (Å²) in [5.74, 6) is -6.60. The molecule has 21 nitrogen and oxygen atoms in total. The molecule has 5 aliphatic rings. The molecule has 0 aromatic carbocycles. The Morgan fingerprint density at radius 2 is 0.894 bits per heavy atom. The maximum absolute atomic E-state index is 14.5. The van der Waals surface area contributed by atoms with Crippen LogP contribution in [0.15, 0.2) is 0 Å². The lowest BCUT2D eigenvalue weighted by Gasteiger charge is -2.36. The monoisotopic (exact) mass is 931 g/mol. The lowest BCUT2D eigenvalue weighted by Crippen LogP contribution is -2.62. The lowest BCUT2D eigenvalue weighted by atomic mass is 9.96. The maximum Gasteiger partial charge on any atom is 0.246 e. The van der Waals surface area contributed by atoms with Gasteiger partial charge in [0.05, 0.1) is 12.7 Å². The molecule has 5 rings (SSSR count). The average molecular weight is 931 g/mol. The summed E-state index contributed by atoms with van der Waals surface area (Å²) in [6.45, 7) is 8.87. The molecule has 0 saturated carbocycles. The first-order valence-corrected chi connectivity index (χ1v) is 24.2. The minimum atomic E-state index is -1.58. The van der Waals surface area contributed by atoms with Gasteiger partial charge in [-0.3, -0.25) is 43.2 Å². The van der Waals surface area contributed by atoms with Crippen LogP contribution in [-0.2, 0) is 43.2 Å². The molecule has 0 spiro atoms. The third-order valence-corrected chi connectivity index (χ3v) is 14.3. The Balaban J connectivity index is 1.52. The molecule has 0 radical (unpaired) electrons. The van der Waals surface area contributed by atoms with Crippen molar-refractivity contribution in [3.8, 4) is 0 Å². The number of aliphatic hydroxyl groups excluding tert-OH is 2. The minimum absolute atomic E-state index is 0.0335. The fourth-order valence-corrected chi connectivity index (χ4v) is 9.93. The van der Waals surface area contributed by atoms with Gasteiger partial charge in [0, 0.05) is 26.2 Å². The summed E-state index contributed by atoms with van der Waals surface area (Å²) in [6, 6.07) is -10.5. The number of aliphatic hydroxyl groups is 2. The van der Waals surface area contributed by atoms with Crippen LogP contribution in [0.3, 0.4) is 0 Å². The molecule has 0 aromatic heterocycles. The first-order chi connectivity index (χ1) is 31.5. The van der Waals surface area contributed by atoms with Crippen molar-refractivity contribution in [1.29, 1.82) is 0 Å². The van der Waals surface area contributed by atoms with Crippen LogP contribution in [0.2, 0.25) is 0 Å². The number of rotatable bonds is 10. The molecule has 5 fully saturated rings. The summed E-state index contributed by atoms with van der Waals surface area (Å²) in [4.78, 5) is 134. The van der Waals surface area contributed by atoms with Crippen molar-refractivity contribution < 1.29 is 53.4 Å². The van der Waals surface area contributed by atoms with Gasteiger partial charge in [-0.25, -0.2) is 0 Å². The Hall–Kier alpha value is -4.89. The predicted octanol–water partition coefficient (Wildman–Crippen LogP) is -2.02. The second-order valence-corrected chi connectivity index (χ2v) is 18.8. The molecule has 21 heteroatoms. The fraction of sp³-hybridized carbons (Fsp3) is 0.800. The zero-order valence-electron chi connectivity index (χ0n) is 39.3. The molecule has 0 aromatic rings. The van der Waals surface area contributed by atoms with Gasteiger partial charge in [0.25, 0.3) is 0 Å². The first kappa shape index (κ1) is 52.1. The van der Waals surface area contributed by atoms with E-state index < -0.39 is 126 Å². The van der Waals surface area contributed by atoms with Gasteiger partial charge in [0.15, 0.2) is 0 Å². The van der Waals surface area contributed by atoms with E-state index in [-0.39, 0.29) is 51.5 Å². The van der Waals surface area contributed by atoms with Crippen LogP contribution in [0.25, 0.3) is 0 Å². The number of hydrogen-bond donors (Lipinski definition) is 8. The predicted molar refractivity (Wildman–Crippen MR) is 239 cm³/mol. The topological polar surface area (TPSA) is 293 Å². The number of fused-ring (bicyclic) bond motifs is 4. The van der Waals surface area contributed by atoms with Gasteiger partial charge in [-0.1, -0.05) is 40.5 Å². The number of carbonyl (C=O) groups excluding carboxylic acids is 9. The molecule has 9 amide bonds. The Kier molecular flexibility index (Phi) is 18.7. The fourth-order valence-electron chi connectivity index (χ4n) is 9.93. The summed E-state index contributed by atoms with van der Waals surface area (Å²) in [7, 11) is 0. The summed E-state index contributed by atoms with van der Waals surface area (Å²) in [5.41, 5.74) is 5.71. The molecule has 0 aliphatic carbocycles. The van der Waals surface area contributed by atoms with E-state index in [1.807, 2.05) is 20.8 Å². The van der Waals surface area contributed by atoms with Gasteiger partial charge in [0.1, 0.15) is 54.4 Å². The molecule has 0 unspecified atom stereocenters. The SMILES string of the molecule is CC[C@H](C)[C@@H]1NC(=O)[C@@H]2CCCN2C(=O)[C@@H]2CCCN2C(=O)[C@H]([C@@H](C)CC)NC(=O)[C@H](CO)NC(=O)[C@H](CCCCN)NC(=O)[C@H]([C@@H](C)O)NC(=O)[C@@H]2CCCN2C(=O)[C@H]2CCCN2C1=O. The summed E-state index contributed by atoms with van der Waals surface area (Å²) < 4.78 is 0. The van der Waals surface area contributed by atoms with Gasteiger partial charge in [0.2, 0.25) is 53.2 Å². The molecular weight excluding hydrogens is 857 g/mol. The van der Waals surface area contributed by atoms with E-state index in [0.29, 0.717) is 70.6 Å². The van der Waals surface area contributed by atoms with Crippen LogP contribution in [-0.4, -0.2) is 183 Å². The average Bonchev–Trinajstić information content (AvgIpc) is 4.16. The highest BCUT2D eigenvalue weighted by Gasteiger charge is 2.48. The molecule has 0 bridgehead atoms. The number of unbranched alkanes of at least 4 members (excludes halogenated alkanes) is 1. The quantitative estimate of drug-likeness (QED) is 0.110. The van der Waals surface area contributed by atoms with Crippen LogP contribution in [0.4, 0.5) is 0 Å². The largest absolute Gasteiger partial charge is 0.394 e. The maximum atomic E-state index is 14.5. The van der Waals surface area contributed by atoms with Crippen LogP contribution in [0.1, 0.15) is 118 Å². The van der Waals surface area contributed by atoms with E-state index in [1.54, 1.807) is 6.92 Å². The van der Waals surface area contributed by atoms with E-state index in [1.165, 1.54) is 26.5 Å². The summed E-state index contributed by atoms with van der Waals surface area (Å²) in [5, 5.41) is 34.5. The Labute approximate surface area is 387 Å². The summed E-state index contributed by atoms with van der Waals surface area (Å²) >= 11 is 0. The number of nitrogens with one attached hydrogen (secondary N) is 5. The first-order valence-electron chi connectivity index (χ1n) is 24.2. The van der Waals surface area contributed by atoms with E-state index in [4.69, 9.17) is 5.73 Å². The van der Waals surface area contributed by atoms with E-state index >= 15 is 0 Å². The number of amides is 9. The molecule has 5 saturated heterocycles. The van der Waals surface area contributed by atoms with Crippen molar-refractivity contribution in [1.82, 2.24) is 46.2 Å². The Morgan fingerprint density at radius 1 is 0.515 bits per heavy atom. The molecule has 9 N–H and O–H groups in total. The van der Waals surface area contributed by atoms with Crippen molar-refractivity contribution in [3.05, 3.63) is 0 Å². The molecule has 5 aliphatic heterocycles. The van der Waals surface area contributed by atoms with Gasteiger partial charge < -0.3 is 62.1 Å². The van der Waals surface area contributed by atoms with Crippen molar-refractivity contribution in [2.24, 2.45) is 17.6 Å². The van der Waals surface area contributed by atoms with Gasteiger partial charge >= 0.3 is 0 Å². The Bertz CT molecular complexity index is 1800. The third kappa shape index (κ3) is 11.8. The highest BCUT2D eigenvalue weighted by Crippen LogP contribution is 2.30. The van der Waals surface area contributed by atoms with Gasteiger partial charge in [-0.2, -0.15) is 0 Å². The number of nitrogens with zero attached hydrogens (tertiary/aromatic N) is 4. The van der Waals surface area contributed by atoms with E-state index in [0.717, 1.165) is 0 Å². The van der Waals surface area contributed by atoms with Crippen molar-refractivity contribution in [3.63, 3.8) is 0 Å². The molecule has 370 valence electrons. The number of carbonyl (C=O) groups is 9. The summed E-state index contributed by atoms with van der Waals surface area (Å²) in [6.07, 6.45) is 3.49. The van der Waals surface area contributed by atoms with E-state index in [9.17, 15) is 53.4 Å². The Morgan fingerprint density at radius 3 is 1.30 bits per heavy atom. The van der Waals surface area contributed by atoms with Crippen LogP contribution < -0.4 is 32.3 Å². The highest BCUT2D eigenvalue weighted by molar-refractivity contribution is 6.00. The van der Waals surface area contributed by atoms with Crippen LogP contribution in [0, 0.1) is 11.8 Å². The van der Waals surface area contributed by atoms with Gasteiger partial charge in [-0.05, 0) is 95.9 Å². The minimum Gasteiger partial charge on any atom is -0.394 e. The zero-order chi connectivity index (χ0) is 48.4.